The molecule has 4 rings (SSSR count). The first-order valence-electron chi connectivity index (χ1n) is 8.20. The molecule has 0 unspecified atom stereocenters. The Labute approximate surface area is 140 Å². The van der Waals surface area contributed by atoms with Gasteiger partial charge in [0.1, 0.15) is 5.75 Å². The first-order chi connectivity index (χ1) is 11.2. The molecule has 1 aliphatic carbocycles. The van der Waals surface area contributed by atoms with Gasteiger partial charge >= 0.3 is 0 Å². The minimum Gasteiger partial charge on any atom is -0.475 e. The fourth-order valence-electron chi connectivity index (χ4n) is 3.22. The Bertz CT molecular complexity index is 846. The van der Waals surface area contributed by atoms with E-state index in [4.69, 9.17) is 10.5 Å². The van der Waals surface area contributed by atoms with Crippen LogP contribution in [0.3, 0.4) is 0 Å². The van der Waals surface area contributed by atoms with Crippen LogP contribution in [0.15, 0.2) is 12.1 Å². The molecule has 1 spiro atoms. The second-order valence-corrected chi connectivity index (χ2v) is 7.45. The summed E-state index contributed by atoms with van der Waals surface area (Å²) in [7, 11) is 1.77. The summed E-state index contributed by atoms with van der Waals surface area (Å²) in [5.41, 5.74) is 6.91. The lowest BCUT2D eigenvalue weighted by Gasteiger charge is -2.32. The Balaban J connectivity index is 1.79. The summed E-state index contributed by atoms with van der Waals surface area (Å²) in [6.45, 7) is 4.10. The Morgan fingerprint density at radius 1 is 1.42 bits per heavy atom. The van der Waals surface area contributed by atoms with E-state index in [9.17, 15) is 9.90 Å². The predicted octanol–water partition coefficient (Wildman–Crippen LogP) is 1.67. The third-order valence-electron chi connectivity index (χ3n) is 4.87. The number of amides is 1. The van der Waals surface area contributed by atoms with Crippen LogP contribution in [0, 0.1) is 0 Å². The Hall–Kier alpha value is -2.28. The zero-order chi connectivity index (χ0) is 17.3. The molecule has 1 aliphatic heterocycles. The molecule has 0 bridgehead atoms. The van der Waals surface area contributed by atoms with Crippen LogP contribution < -0.4 is 15.4 Å². The Morgan fingerprint density at radius 2 is 2.12 bits per heavy atom. The average Bonchev–Trinajstić information content (AvgIpc) is 3.19. The smallest absolute Gasteiger partial charge is 0.271 e. The highest BCUT2D eigenvalue weighted by atomic mass is 16.5. The lowest BCUT2D eigenvalue weighted by molar-refractivity contribution is -0.127. The van der Waals surface area contributed by atoms with E-state index in [2.05, 4.69) is 4.98 Å². The fraction of sp³-hybridized carbons (Fsp3) is 0.529. The number of imidazole rings is 1. The SMILES string of the molecule is CN1C(=O)C2(CC2)Oc2cc3c(cc21)nc(N)n3CCC(C)(C)O. The number of benzene rings is 1. The number of aryl methyl sites for hydroxylation is 1. The molecule has 0 radical (unpaired) electrons. The van der Waals surface area contributed by atoms with Crippen molar-refractivity contribution in [2.75, 3.05) is 17.7 Å². The van der Waals surface area contributed by atoms with Crippen molar-refractivity contribution in [3.63, 3.8) is 0 Å². The molecule has 1 aromatic carbocycles. The van der Waals surface area contributed by atoms with Crippen LogP contribution in [-0.2, 0) is 11.3 Å². The van der Waals surface area contributed by atoms with Gasteiger partial charge in [0.15, 0.2) is 5.60 Å². The third kappa shape index (κ3) is 2.23. The second-order valence-electron chi connectivity index (χ2n) is 7.45. The molecule has 2 heterocycles. The highest BCUT2D eigenvalue weighted by Crippen LogP contribution is 2.49. The summed E-state index contributed by atoms with van der Waals surface area (Å²) in [4.78, 5) is 18.5. The van der Waals surface area contributed by atoms with E-state index in [0.29, 0.717) is 24.7 Å². The van der Waals surface area contributed by atoms with Crippen molar-refractivity contribution in [1.29, 1.82) is 0 Å². The van der Waals surface area contributed by atoms with E-state index in [0.717, 1.165) is 29.6 Å². The van der Waals surface area contributed by atoms with E-state index in [-0.39, 0.29) is 5.91 Å². The number of fused-ring (bicyclic) bond motifs is 2. The largest absolute Gasteiger partial charge is 0.475 e. The van der Waals surface area contributed by atoms with Gasteiger partial charge in [-0.05, 0) is 26.3 Å². The lowest BCUT2D eigenvalue weighted by Crippen LogP contribution is -2.45. The van der Waals surface area contributed by atoms with E-state index in [1.165, 1.54) is 0 Å². The molecular formula is C17H22N4O3. The number of nitrogens with two attached hydrogens (primary N) is 1. The van der Waals surface area contributed by atoms with Crippen molar-refractivity contribution < 1.29 is 14.6 Å². The maximum Gasteiger partial charge on any atom is 0.271 e. The summed E-state index contributed by atoms with van der Waals surface area (Å²) in [6, 6.07) is 3.75. The molecule has 1 fully saturated rings. The van der Waals surface area contributed by atoms with Crippen molar-refractivity contribution in [2.45, 2.75) is 50.9 Å². The number of rotatable bonds is 3. The number of carbonyl (C=O) groups is 1. The molecule has 128 valence electrons. The van der Waals surface area contributed by atoms with Crippen LogP contribution in [0.5, 0.6) is 5.75 Å². The topological polar surface area (TPSA) is 93.6 Å². The lowest BCUT2D eigenvalue weighted by atomic mass is 10.1. The molecule has 1 saturated carbocycles. The molecule has 2 aromatic rings. The third-order valence-corrected chi connectivity index (χ3v) is 4.87. The van der Waals surface area contributed by atoms with Crippen molar-refractivity contribution in [2.24, 2.45) is 0 Å². The maximum absolute atomic E-state index is 12.4. The van der Waals surface area contributed by atoms with Gasteiger partial charge in [-0.15, -0.1) is 0 Å². The summed E-state index contributed by atoms with van der Waals surface area (Å²) in [6.07, 6.45) is 2.07. The quantitative estimate of drug-likeness (QED) is 0.893. The molecule has 0 saturated heterocycles. The van der Waals surface area contributed by atoms with Gasteiger partial charge in [-0.2, -0.15) is 0 Å². The van der Waals surface area contributed by atoms with E-state index >= 15 is 0 Å². The van der Waals surface area contributed by atoms with E-state index in [1.54, 1.807) is 25.8 Å². The first-order valence-corrected chi connectivity index (χ1v) is 8.20. The van der Waals surface area contributed by atoms with Crippen LogP contribution in [0.25, 0.3) is 11.0 Å². The monoisotopic (exact) mass is 330 g/mol. The molecule has 0 atom stereocenters. The van der Waals surface area contributed by atoms with Gasteiger partial charge in [0, 0.05) is 32.5 Å². The first kappa shape index (κ1) is 15.3. The molecular weight excluding hydrogens is 308 g/mol. The zero-order valence-electron chi connectivity index (χ0n) is 14.2. The van der Waals surface area contributed by atoms with Crippen LogP contribution in [0.1, 0.15) is 33.1 Å². The molecule has 7 nitrogen and oxygen atoms in total. The van der Waals surface area contributed by atoms with Gasteiger partial charge in [0.25, 0.3) is 5.91 Å². The summed E-state index contributed by atoms with van der Waals surface area (Å²) >= 11 is 0. The minimum atomic E-state index is -0.779. The van der Waals surface area contributed by atoms with Crippen molar-refractivity contribution in [3.05, 3.63) is 12.1 Å². The number of ether oxygens (including phenoxy) is 1. The van der Waals surface area contributed by atoms with Gasteiger partial charge < -0.3 is 25.0 Å². The predicted molar refractivity (Wildman–Crippen MR) is 91.1 cm³/mol. The number of hydrogen-bond acceptors (Lipinski definition) is 5. The highest BCUT2D eigenvalue weighted by Gasteiger charge is 2.57. The van der Waals surface area contributed by atoms with Gasteiger partial charge in [0.05, 0.1) is 22.3 Å². The Morgan fingerprint density at radius 3 is 2.75 bits per heavy atom. The second kappa shape index (κ2) is 4.63. The van der Waals surface area contributed by atoms with Crippen LogP contribution in [0.4, 0.5) is 11.6 Å². The molecule has 1 aromatic heterocycles. The van der Waals surface area contributed by atoms with Crippen molar-refractivity contribution in [3.8, 4) is 5.75 Å². The number of aliphatic hydroxyl groups is 1. The summed E-state index contributed by atoms with van der Waals surface area (Å²) < 4.78 is 7.89. The molecule has 2 aliphatic rings. The van der Waals surface area contributed by atoms with Gasteiger partial charge in [0.2, 0.25) is 5.95 Å². The summed E-state index contributed by atoms with van der Waals surface area (Å²) in [5, 5.41) is 9.97. The number of anilines is 2. The number of nitrogen functional groups attached to an aromatic ring is 1. The van der Waals surface area contributed by atoms with Crippen LogP contribution >= 0.6 is 0 Å². The highest BCUT2D eigenvalue weighted by molar-refractivity contribution is 6.06. The van der Waals surface area contributed by atoms with E-state index < -0.39 is 11.2 Å². The number of aromatic nitrogens is 2. The number of nitrogens with zero attached hydrogens (tertiary/aromatic N) is 3. The Kier molecular flexibility index (Phi) is 2.94. The van der Waals surface area contributed by atoms with Crippen molar-refractivity contribution in [1.82, 2.24) is 9.55 Å². The normalized spacial score (nSPS) is 18.8. The number of hydrogen-bond donors (Lipinski definition) is 2. The fourth-order valence-corrected chi connectivity index (χ4v) is 3.22. The number of carbonyl (C=O) groups excluding carboxylic acids is 1. The van der Waals surface area contributed by atoms with Crippen LogP contribution in [0.2, 0.25) is 0 Å². The standard InChI is InChI=1S/C17H22N4O3/c1-16(2,23)6-7-21-11-9-13-12(8-10(11)19-15(21)18)20(3)14(22)17(24-13)4-5-17/h8-9,23H,4-7H2,1-3H3,(H2,18,19). The molecule has 1 amide bonds. The zero-order valence-corrected chi connectivity index (χ0v) is 14.2. The van der Waals surface area contributed by atoms with Gasteiger partial charge in [-0.25, -0.2) is 4.98 Å². The van der Waals surface area contributed by atoms with Gasteiger partial charge in [-0.1, -0.05) is 0 Å². The number of likely N-dealkylation sites (N-methyl/N-ethyl adjacent to an activating group) is 1. The minimum absolute atomic E-state index is 0.00350. The average molecular weight is 330 g/mol. The summed E-state index contributed by atoms with van der Waals surface area (Å²) in [5.74, 6) is 1.09. The van der Waals surface area contributed by atoms with Gasteiger partial charge in [-0.3, -0.25) is 4.79 Å². The molecule has 3 N–H and O–H groups in total. The van der Waals surface area contributed by atoms with E-state index in [1.807, 2.05) is 16.7 Å². The van der Waals surface area contributed by atoms with Crippen LogP contribution in [-0.4, -0.2) is 38.8 Å². The maximum atomic E-state index is 12.4. The molecule has 7 heteroatoms. The van der Waals surface area contributed by atoms with Crippen molar-refractivity contribution >= 4 is 28.6 Å². The molecule has 24 heavy (non-hydrogen) atoms.